The number of nitrogens with two attached hydrogens (primary N) is 1. The Morgan fingerprint density at radius 3 is 2.38 bits per heavy atom. The summed E-state index contributed by atoms with van der Waals surface area (Å²) in [7, 11) is 0. The Morgan fingerprint density at radius 2 is 1.76 bits per heavy atom. The summed E-state index contributed by atoms with van der Waals surface area (Å²) >= 11 is 0. The molecule has 0 aliphatic carbocycles. The maximum absolute atomic E-state index is 12.7. The van der Waals surface area contributed by atoms with Crippen molar-refractivity contribution in [2.45, 2.75) is 25.4 Å². The summed E-state index contributed by atoms with van der Waals surface area (Å²) in [6.45, 7) is 2.39. The Kier molecular flexibility index (Phi) is 4.68. The third-order valence-corrected chi connectivity index (χ3v) is 3.65. The molecule has 0 spiro atoms. The molecule has 0 saturated heterocycles. The highest BCUT2D eigenvalue weighted by Gasteiger charge is 2.30. The monoisotopic (exact) mass is 293 g/mol. The summed E-state index contributed by atoms with van der Waals surface area (Å²) in [5.74, 6) is 0.0229. The van der Waals surface area contributed by atoms with E-state index in [0.29, 0.717) is 18.5 Å². The van der Waals surface area contributed by atoms with Crippen LogP contribution in [-0.4, -0.2) is 6.54 Å². The van der Waals surface area contributed by atoms with E-state index in [4.69, 9.17) is 5.73 Å². The molecule has 0 bridgehead atoms. The highest BCUT2D eigenvalue weighted by atomic mass is 19.4. The topological polar surface area (TPSA) is 26.0 Å². The van der Waals surface area contributed by atoms with Gasteiger partial charge in [0.25, 0.3) is 0 Å². The second-order valence-electron chi connectivity index (χ2n) is 5.19. The highest BCUT2D eigenvalue weighted by molar-refractivity contribution is 5.33. The van der Waals surface area contributed by atoms with E-state index in [1.165, 1.54) is 12.1 Å². The predicted molar refractivity (Wildman–Crippen MR) is 78.1 cm³/mol. The molecule has 2 rings (SSSR count). The Balaban J connectivity index is 2.26. The first-order valence-electron chi connectivity index (χ1n) is 6.83. The number of hydrogen-bond acceptors (Lipinski definition) is 1. The van der Waals surface area contributed by atoms with Crippen molar-refractivity contribution in [3.05, 3.63) is 70.8 Å². The van der Waals surface area contributed by atoms with Crippen molar-refractivity contribution in [1.82, 2.24) is 0 Å². The maximum Gasteiger partial charge on any atom is 0.416 e. The van der Waals surface area contributed by atoms with E-state index in [-0.39, 0.29) is 5.92 Å². The third kappa shape index (κ3) is 3.85. The maximum atomic E-state index is 12.7. The average Bonchev–Trinajstić information content (AvgIpc) is 2.45. The van der Waals surface area contributed by atoms with Crippen LogP contribution in [0.25, 0.3) is 0 Å². The zero-order chi connectivity index (χ0) is 15.5. The first-order chi connectivity index (χ1) is 9.91. The van der Waals surface area contributed by atoms with Gasteiger partial charge in [0.2, 0.25) is 0 Å². The van der Waals surface area contributed by atoms with E-state index in [2.05, 4.69) is 0 Å². The molecule has 0 aliphatic heterocycles. The van der Waals surface area contributed by atoms with Gasteiger partial charge in [-0.05, 0) is 42.6 Å². The van der Waals surface area contributed by atoms with Gasteiger partial charge in [0, 0.05) is 5.92 Å². The summed E-state index contributed by atoms with van der Waals surface area (Å²) in [6.07, 6.45) is -3.80. The van der Waals surface area contributed by atoms with Crippen molar-refractivity contribution in [3.63, 3.8) is 0 Å². The summed E-state index contributed by atoms with van der Waals surface area (Å²) in [6, 6.07) is 13.3. The van der Waals surface area contributed by atoms with Crippen molar-refractivity contribution in [3.8, 4) is 0 Å². The van der Waals surface area contributed by atoms with Gasteiger partial charge < -0.3 is 5.73 Å². The summed E-state index contributed by atoms with van der Waals surface area (Å²) in [5.41, 5.74) is 8.07. The number of halogens is 3. The van der Waals surface area contributed by atoms with E-state index < -0.39 is 11.7 Å². The Hall–Kier alpha value is -1.81. The molecule has 2 aromatic rings. The Labute approximate surface area is 122 Å². The minimum atomic E-state index is -4.31. The summed E-state index contributed by atoms with van der Waals surface area (Å²) in [5, 5.41) is 0. The lowest BCUT2D eigenvalue weighted by Crippen LogP contribution is -2.16. The molecule has 2 aromatic carbocycles. The van der Waals surface area contributed by atoms with Gasteiger partial charge in [-0.25, -0.2) is 0 Å². The fourth-order valence-electron chi connectivity index (χ4n) is 2.52. The number of aryl methyl sites for hydroxylation is 1. The number of rotatable bonds is 4. The van der Waals surface area contributed by atoms with Crippen molar-refractivity contribution in [1.29, 1.82) is 0 Å². The smallest absolute Gasteiger partial charge is 0.330 e. The largest absolute Gasteiger partial charge is 0.416 e. The van der Waals surface area contributed by atoms with Crippen LogP contribution in [0.4, 0.5) is 13.2 Å². The number of hydrogen-bond donors (Lipinski definition) is 1. The molecule has 1 atom stereocenters. The van der Waals surface area contributed by atoms with E-state index in [0.717, 1.165) is 17.2 Å². The molecule has 21 heavy (non-hydrogen) atoms. The molecule has 0 radical (unpaired) electrons. The van der Waals surface area contributed by atoms with Gasteiger partial charge in [-0.3, -0.25) is 0 Å². The molecule has 1 nitrogen and oxygen atoms in total. The van der Waals surface area contributed by atoms with Crippen molar-refractivity contribution in [2.75, 3.05) is 6.54 Å². The van der Waals surface area contributed by atoms with Crippen LogP contribution in [0.15, 0.2) is 48.5 Å². The van der Waals surface area contributed by atoms with Gasteiger partial charge in [-0.15, -0.1) is 0 Å². The SMILES string of the molecule is Cc1ccccc1C(CN)Cc1cccc(C(F)(F)F)c1. The van der Waals surface area contributed by atoms with Crippen molar-refractivity contribution < 1.29 is 13.2 Å². The number of benzene rings is 2. The van der Waals surface area contributed by atoms with E-state index in [9.17, 15) is 13.2 Å². The highest BCUT2D eigenvalue weighted by Crippen LogP contribution is 2.31. The van der Waals surface area contributed by atoms with E-state index in [1.807, 2.05) is 31.2 Å². The molecule has 0 fully saturated rings. The van der Waals surface area contributed by atoms with Gasteiger partial charge in [-0.2, -0.15) is 13.2 Å². The summed E-state index contributed by atoms with van der Waals surface area (Å²) < 4.78 is 38.2. The molecular formula is C17H18F3N. The van der Waals surface area contributed by atoms with Crippen molar-refractivity contribution in [2.24, 2.45) is 5.73 Å². The van der Waals surface area contributed by atoms with Gasteiger partial charge in [0.1, 0.15) is 0 Å². The lowest BCUT2D eigenvalue weighted by atomic mass is 9.89. The first-order valence-corrected chi connectivity index (χ1v) is 6.83. The molecule has 0 saturated carbocycles. The molecule has 2 N–H and O–H groups in total. The second kappa shape index (κ2) is 6.31. The Morgan fingerprint density at radius 1 is 1.05 bits per heavy atom. The quantitative estimate of drug-likeness (QED) is 0.893. The van der Waals surface area contributed by atoms with Crippen LogP contribution in [0.3, 0.4) is 0 Å². The fourth-order valence-corrected chi connectivity index (χ4v) is 2.52. The zero-order valence-corrected chi connectivity index (χ0v) is 11.8. The molecule has 112 valence electrons. The number of alkyl halides is 3. The van der Waals surface area contributed by atoms with Crippen LogP contribution in [-0.2, 0) is 12.6 Å². The van der Waals surface area contributed by atoms with Gasteiger partial charge in [0.05, 0.1) is 5.56 Å². The van der Waals surface area contributed by atoms with Gasteiger partial charge >= 0.3 is 6.18 Å². The van der Waals surface area contributed by atoms with Crippen LogP contribution in [0.2, 0.25) is 0 Å². The fraction of sp³-hybridized carbons (Fsp3) is 0.294. The normalized spacial score (nSPS) is 13.2. The Bertz CT molecular complexity index is 605. The van der Waals surface area contributed by atoms with Crippen LogP contribution in [0.5, 0.6) is 0 Å². The van der Waals surface area contributed by atoms with Gasteiger partial charge in [0.15, 0.2) is 0 Å². The standard InChI is InChI=1S/C17H18F3N/c1-12-5-2-3-8-16(12)14(11-21)9-13-6-4-7-15(10-13)17(18,19)20/h2-8,10,14H,9,11,21H2,1H3. The first kappa shape index (κ1) is 15.6. The lowest BCUT2D eigenvalue weighted by Gasteiger charge is -2.18. The van der Waals surface area contributed by atoms with Crippen LogP contribution < -0.4 is 5.73 Å². The minimum Gasteiger partial charge on any atom is -0.330 e. The second-order valence-corrected chi connectivity index (χ2v) is 5.19. The molecule has 0 heterocycles. The minimum absolute atomic E-state index is 0.0229. The molecule has 0 amide bonds. The predicted octanol–water partition coefficient (Wildman–Crippen LogP) is 4.30. The molecular weight excluding hydrogens is 275 g/mol. The molecule has 0 aromatic heterocycles. The lowest BCUT2D eigenvalue weighted by molar-refractivity contribution is -0.137. The van der Waals surface area contributed by atoms with Crippen LogP contribution >= 0.6 is 0 Å². The molecule has 0 aliphatic rings. The third-order valence-electron chi connectivity index (χ3n) is 3.65. The van der Waals surface area contributed by atoms with Crippen molar-refractivity contribution >= 4 is 0 Å². The summed E-state index contributed by atoms with van der Waals surface area (Å²) in [4.78, 5) is 0. The van der Waals surface area contributed by atoms with Gasteiger partial charge in [-0.1, -0.05) is 42.5 Å². The average molecular weight is 293 g/mol. The molecule has 4 heteroatoms. The molecule has 1 unspecified atom stereocenters. The van der Waals surface area contributed by atoms with E-state index in [1.54, 1.807) is 6.07 Å². The zero-order valence-electron chi connectivity index (χ0n) is 11.8. The van der Waals surface area contributed by atoms with Crippen LogP contribution in [0, 0.1) is 6.92 Å². The van der Waals surface area contributed by atoms with Crippen LogP contribution in [0.1, 0.15) is 28.2 Å². The van der Waals surface area contributed by atoms with E-state index >= 15 is 0 Å².